The molecule has 0 unspecified atom stereocenters. The maximum Gasteiger partial charge on any atom is 0.524 e. The molecule has 2 aliphatic rings. The fourth-order valence-electron chi connectivity index (χ4n) is 9.18. The third kappa shape index (κ3) is 17.4. The van der Waals surface area contributed by atoms with Crippen LogP contribution in [0.2, 0.25) is 0 Å². The normalized spacial score (nSPS) is 17.3. The molecule has 0 aromatic heterocycles. The van der Waals surface area contributed by atoms with E-state index in [9.17, 15) is 57.5 Å². The van der Waals surface area contributed by atoms with E-state index in [0.29, 0.717) is 23.1 Å². The van der Waals surface area contributed by atoms with Gasteiger partial charge in [-0.2, -0.15) is 0 Å². The number of primary amides is 2. The van der Waals surface area contributed by atoms with Crippen LogP contribution in [0.25, 0.3) is 0 Å². The maximum absolute atomic E-state index is 15.3. The number of amides is 9. The molecule has 78 heavy (non-hydrogen) atoms. The third-order valence-corrected chi connectivity index (χ3v) is 13.9. The van der Waals surface area contributed by atoms with Crippen LogP contribution in [0, 0.1) is 11.8 Å². The van der Waals surface area contributed by atoms with Gasteiger partial charge in [-0.05, 0) is 64.6 Å². The van der Waals surface area contributed by atoms with Crippen LogP contribution >= 0.6 is 7.82 Å². The van der Waals surface area contributed by atoms with Crippen LogP contribution in [0.5, 0.6) is 5.75 Å². The number of hydrogen-bond donors (Lipinski definition) is 11. The second kappa shape index (κ2) is 27.5. The highest BCUT2D eigenvalue weighted by Crippen LogP contribution is 2.37. The number of fused-ring (bicyclic) bond motifs is 2. The van der Waals surface area contributed by atoms with Gasteiger partial charge in [0, 0.05) is 38.8 Å². The number of carboxylic acid groups (broad SMARTS) is 1. The number of aliphatic carboxylic acids is 1. The Morgan fingerprint density at radius 2 is 1.24 bits per heavy atom. The molecule has 14 N–H and O–H groups in total. The molecule has 25 nitrogen and oxygen atoms in total. The van der Waals surface area contributed by atoms with Gasteiger partial charge in [-0.15, -0.1) is 0 Å². The number of carbonyl (C=O) groups excluding carboxylic acids is 9. The molecule has 2 heterocycles. The van der Waals surface area contributed by atoms with Crippen LogP contribution in [0.15, 0.2) is 72.8 Å². The van der Waals surface area contributed by atoms with E-state index in [2.05, 4.69) is 31.1 Å². The average Bonchev–Trinajstić information content (AvgIpc) is 3.40. The van der Waals surface area contributed by atoms with Crippen molar-refractivity contribution in [2.75, 3.05) is 6.54 Å². The number of phosphoric ester groups is 1. The molecule has 0 aliphatic carbocycles. The summed E-state index contributed by atoms with van der Waals surface area (Å²) in [5, 5.41) is 21.6. The third-order valence-electron chi connectivity index (χ3n) is 13.5. The summed E-state index contributed by atoms with van der Waals surface area (Å²) in [6.07, 6.45) is -1.30. The molecule has 2 aliphatic heterocycles. The zero-order valence-corrected chi connectivity index (χ0v) is 44.6. The van der Waals surface area contributed by atoms with Crippen LogP contribution in [-0.4, -0.2) is 133 Å². The molecule has 0 bridgehead atoms. The van der Waals surface area contributed by atoms with Crippen LogP contribution < -0.4 is 48.3 Å². The Labute approximate surface area is 450 Å². The van der Waals surface area contributed by atoms with Crippen molar-refractivity contribution in [2.45, 2.75) is 134 Å². The summed E-state index contributed by atoms with van der Waals surface area (Å²) < 4.78 is 16.3. The Morgan fingerprint density at radius 1 is 0.705 bits per heavy atom. The quantitative estimate of drug-likeness (QED) is 0.0443. The lowest BCUT2D eigenvalue weighted by Gasteiger charge is -2.41. The van der Waals surface area contributed by atoms with Crippen molar-refractivity contribution in [1.29, 1.82) is 0 Å². The molecule has 9 amide bonds. The Balaban J connectivity index is 1.46. The van der Waals surface area contributed by atoms with E-state index < -0.39 is 135 Å². The second-order valence-electron chi connectivity index (χ2n) is 19.9. The van der Waals surface area contributed by atoms with Crippen molar-refractivity contribution in [2.24, 2.45) is 29.0 Å². The van der Waals surface area contributed by atoms with Crippen LogP contribution in [0.3, 0.4) is 0 Å². The van der Waals surface area contributed by atoms with Crippen molar-refractivity contribution < 1.29 is 71.9 Å². The largest absolute Gasteiger partial charge is 0.524 e. The van der Waals surface area contributed by atoms with Crippen molar-refractivity contribution in [3.05, 3.63) is 101 Å². The number of carboxylic acids is 1. The van der Waals surface area contributed by atoms with Gasteiger partial charge in [-0.3, -0.25) is 57.7 Å². The van der Waals surface area contributed by atoms with Gasteiger partial charge in [0.15, 0.2) is 0 Å². The monoisotopic (exact) mass is 1100 g/mol. The number of phosphoric acid groups is 1. The zero-order valence-electron chi connectivity index (χ0n) is 43.7. The molecule has 0 saturated heterocycles. The minimum absolute atomic E-state index is 0.0154. The molecule has 0 spiro atoms. The highest BCUT2D eigenvalue weighted by atomic mass is 31.2. The van der Waals surface area contributed by atoms with Crippen molar-refractivity contribution >= 4 is 67.0 Å². The van der Waals surface area contributed by atoms with E-state index in [0.717, 1.165) is 11.1 Å². The van der Waals surface area contributed by atoms with Crippen molar-refractivity contribution in [3.8, 4) is 5.75 Å². The number of nitrogens with two attached hydrogens (primary N) is 3. The first kappa shape index (κ1) is 61.1. The van der Waals surface area contributed by atoms with Gasteiger partial charge in [0.2, 0.25) is 53.2 Å². The Hall–Kier alpha value is -7.73. The average molecular weight is 1110 g/mol. The number of benzene rings is 3. The van der Waals surface area contributed by atoms with E-state index in [1.54, 1.807) is 51.1 Å². The van der Waals surface area contributed by atoms with Gasteiger partial charge in [0.25, 0.3) is 0 Å². The van der Waals surface area contributed by atoms with Crippen LogP contribution in [-0.2, 0) is 84.9 Å². The van der Waals surface area contributed by atoms with Gasteiger partial charge in [-0.1, -0.05) is 94.8 Å². The van der Waals surface area contributed by atoms with Crippen molar-refractivity contribution in [1.82, 2.24) is 36.4 Å². The predicted octanol–water partition coefficient (Wildman–Crippen LogP) is -0.692. The minimum Gasteiger partial charge on any atom is -0.481 e. The molecule has 0 saturated carbocycles. The molecule has 0 fully saturated rings. The topological polar surface area (TPSA) is 402 Å². The lowest BCUT2D eigenvalue weighted by atomic mass is 9.89. The van der Waals surface area contributed by atoms with Gasteiger partial charge in [0.1, 0.15) is 42.0 Å². The summed E-state index contributed by atoms with van der Waals surface area (Å²) in [5.74, 6) is -9.87. The van der Waals surface area contributed by atoms with Crippen LogP contribution in [0.1, 0.15) is 87.6 Å². The first-order chi connectivity index (χ1) is 36.7. The molecule has 3 aromatic carbocycles. The Bertz CT molecular complexity index is 2770. The summed E-state index contributed by atoms with van der Waals surface area (Å²) >= 11 is 0. The van der Waals surface area contributed by atoms with E-state index in [-0.39, 0.29) is 56.9 Å². The summed E-state index contributed by atoms with van der Waals surface area (Å²) in [7, 11) is -4.99. The Kier molecular flexibility index (Phi) is 21.6. The van der Waals surface area contributed by atoms with E-state index in [1.165, 1.54) is 34.1 Å². The maximum atomic E-state index is 15.3. The molecule has 5 rings (SSSR count). The smallest absolute Gasteiger partial charge is 0.481 e. The lowest BCUT2D eigenvalue weighted by molar-refractivity contribution is -0.148. The summed E-state index contributed by atoms with van der Waals surface area (Å²) in [6, 6.07) is 9.88. The molecule has 26 heteroatoms. The van der Waals surface area contributed by atoms with Gasteiger partial charge in [0.05, 0.1) is 19.0 Å². The second-order valence-corrected chi connectivity index (χ2v) is 21.1. The van der Waals surface area contributed by atoms with E-state index in [1.807, 2.05) is 25.1 Å². The van der Waals surface area contributed by atoms with Crippen LogP contribution in [0.4, 0.5) is 0 Å². The molecule has 8 atom stereocenters. The highest BCUT2D eigenvalue weighted by molar-refractivity contribution is 7.46. The summed E-state index contributed by atoms with van der Waals surface area (Å²) in [6.45, 7) is 6.23. The first-order valence-electron chi connectivity index (χ1n) is 25.4. The van der Waals surface area contributed by atoms with Crippen molar-refractivity contribution in [3.63, 3.8) is 0 Å². The molecule has 3 aromatic rings. The van der Waals surface area contributed by atoms with E-state index in [4.69, 9.17) is 22.3 Å². The lowest BCUT2D eigenvalue weighted by Crippen LogP contribution is -2.63. The standard InChI is InChI=1S/C52H69N10O15P/c1-5-29(4)45(52(73)61-26-33-12-8-6-10-31(33)22-40(61)46(55)67)60-50(71)41-23-32-11-7-9-13-34(32)27-62(41)51(72)39(21-30-14-16-35(17-15-30)77-78(74,75)76)59-49(70)38(24-42(54)63)58-48(69)37(20-28(2)3)57-43(64)25-56-47(68)36(53)18-19-44(65)66/h6-17,28-29,36-41,45H,5,18-27,53H2,1-4H3,(H2,54,63)(H2,55,67)(H,56,68)(H,57,64)(H,58,69)(H,59,70)(H,60,71)(H,65,66)(H2,74,75,76)/t29-,36-,37-,38-,39-,40-,41-,45-/m0/s1. The van der Waals surface area contributed by atoms with Gasteiger partial charge < -0.3 is 63.2 Å². The fraction of sp³-hybridized carbons (Fsp3) is 0.462. The van der Waals surface area contributed by atoms with E-state index >= 15 is 4.79 Å². The molecular formula is C52H69N10O15P. The number of nitrogens with zero attached hydrogens (tertiary/aromatic N) is 2. The zero-order chi connectivity index (χ0) is 57.6. The van der Waals surface area contributed by atoms with Gasteiger partial charge in [-0.25, -0.2) is 4.57 Å². The highest BCUT2D eigenvalue weighted by Gasteiger charge is 2.43. The van der Waals surface area contributed by atoms with Gasteiger partial charge >= 0.3 is 13.8 Å². The predicted molar refractivity (Wildman–Crippen MR) is 279 cm³/mol. The Morgan fingerprint density at radius 3 is 1.77 bits per heavy atom. The molecule has 422 valence electrons. The summed E-state index contributed by atoms with van der Waals surface area (Å²) in [5.41, 5.74) is 20.5. The first-order valence-corrected chi connectivity index (χ1v) is 26.9. The number of carbonyl (C=O) groups is 10. The fourth-order valence-corrected chi connectivity index (χ4v) is 9.58. The SMILES string of the molecule is CC[C@H](C)[C@H](NC(=O)[C@@H]1Cc2ccccc2CN1C(=O)[C@H](Cc1ccc(OP(=O)(O)O)cc1)NC(=O)[C@H](CC(N)=O)NC(=O)[C@H](CC(C)C)NC(=O)CNC(=O)[C@@H](N)CCC(=O)O)C(=O)N1Cc2ccccc2C[C@H]1C(N)=O. The summed E-state index contributed by atoms with van der Waals surface area (Å²) in [4.78, 5) is 157. The number of rotatable bonds is 26. The molecule has 0 radical (unpaired) electrons. The minimum atomic E-state index is -4.99. The number of nitrogens with one attached hydrogen (secondary N) is 5. The number of hydrogen-bond acceptors (Lipinski definition) is 13. The molecular weight excluding hydrogens is 1040 g/mol.